The summed E-state index contributed by atoms with van der Waals surface area (Å²) < 4.78 is 0. The summed E-state index contributed by atoms with van der Waals surface area (Å²) in [5, 5.41) is 0.676. The van der Waals surface area contributed by atoms with Crippen LogP contribution in [0.5, 0.6) is 0 Å². The average Bonchev–Trinajstić information content (AvgIpc) is 2.51. The highest BCUT2D eigenvalue weighted by molar-refractivity contribution is 6.30. The molecule has 1 aliphatic rings. The predicted octanol–water partition coefficient (Wildman–Crippen LogP) is 2.06. The molecule has 1 unspecified atom stereocenters. The molecule has 0 aliphatic carbocycles. The van der Waals surface area contributed by atoms with Crippen LogP contribution in [0.1, 0.15) is 25.3 Å². The molecule has 0 spiro atoms. The fourth-order valence-electron chi connectivity index (χ4n) is 2.54. The summed E-state index contributed by atoms with van der Waals surface area (Å²) in [6.07, 6.45) is 1.51. The van der Waals surface area contributed by atoms with E-state index in [1.54, 1.807) is 9.80 Å². The highest BCUT2D eigenvalue weighted by atomic mass is 35.5. The lowest BCUT2D eigenvalue weighted by Gasteiger charge is -2.35. The van der Waals surface area contributed by atoms with Crippen LogP contribution in [0.2, 0.25) is 5.02 Å². The highest BCUT2D eigenvalue weighted by Crippen LogP contribution is 2.14. The molecule has 0 radical (unpaired) electrons. The van der Waals surface area contributed by atoms with E-state index in [2.05, 4.69) is 0 Å². The Hall–Kier alpha value is -1.30. The summed E-state index contributed by atoms with van der Waals surface area (Å²) in [7, 11) is 0. The molecule has 1 aromatic rings. The maximum absolute atomic E-state index is 12.2. The van der Waals surface area contributed by atoms with Gasteiger partial charge in [0.15, 0.2) is 0 Å². The van der Waals surface area contributed by atoms with Crippen molar-refractivity contribution in [2.75, 3.05) is 19.6 Å². The smallest absolute Gasteiger partial charge is 0.242 e. The van der Waals surface area contributed by atoms with Gasteiger partial charge in [0.2, 0.25) is 11.8 Å². The second-order valence-electron chi connectivity index (χ2n) is 5.60. The maximum atomic E-state index is 12.2. The molecule has 1 saturated heterocycles. The van der Waals surface area contributed by atoms with Crippen LogP contribution >= 0.6 is 24.0 Å². The molecule has 2 rings (SSSR count). The van der Waals surface area contributed by atoms with Gasteiger partial charge in [0.05, 0.1) is 12.6 Å². The summed E-state index contributed by atoms with van der Waals surface area (Å²) in [5.41, 5.74) is 6.88. The van der Waals surface area contributed by atoms with Gasteiger partial charge < -0.3 is 15.5 Å². The van der Waals surface area contributed by atoms with Gasteiger partial charge in [0, 0.05) is 24.7 Å². The minimum atomic E-state index is -0.499. The third kappa shape index (κ3) is 5.37. The third-order valence-corrected chi connectivity index (χ3v) is 4.09. The molecule has 5 nitrogen and oxygen atoms in total. The van der Waals surface area contributed by atoms with Crippen LogP contribution in [0.25, 0.3) is 0 Å². The molecule has 0 aromatic heterocycles. The van der Waals surface area contributed by atoms with E-state index in [1.165, 1.54) is 0 Å². The largest absolute Gasteiger partial charge is 0.335 e. The second kappa shape index (κ2) is 9.11. The van der Waals surface area contributed by atoms with Crippen molar-refractivity contribution >= 4 is 35.8 Å². The zero-order valence-electron chi connectivity index (χ0n) is 13.2. The van der Waals surface area contributed by atoms with E-state index >= 15 is 0 Å². The minimum absolute atomic E-state index is 0. The van der Waals surface area contributed by atoms with E-state index < -0.39 is 6.04 Å². The number of benzene rings is 1. The summed E-state index contributed by atoms with van der Waals surface area (Å²) in [6.45, 7) is 3.72. The first-order chi connectivity index (χ1) is 10.5. The van der Waals surface area contributed by atoms with Crippen molar-refractivity contribution in [3.63, 3.8) is 0 Å². The SMILES string of the molecule is CCCC(N)C(=O)N1CCN(Cc2ccc(Cl)cc2)C(=O)C1.Cl. The number of halogens is 2. The Bertz CT molecular complexity index is 537. The molecule has 1 atom stereocenters. The van der Waals surface area contributed by atoms with E-state index in [-0.39, 0.29) is 30.8 Å². The van der Waals surface area contributed by atoms with Crippen molar-refractivity contribution < 1.29 is 9.59 Å². The van der Waals surface area contributed by atoms with Crippen molar-refractivity contribution in [3.05, 3.63) is 34.9 Å². The maximum Gasteiger partial charge on any atom is 0.242 e. The standard InChI is InChI=1S/C16H22ClN3O2.ClH/c1-2-3-14(18)16(22)20-9-8-19(15(21)11-20)10-12-4-6-13(17)7-5-12;/h4-7,14H,2-3,8-11,18H2,1H3;1H. The zero-order chi connectivity index (χ0) is 16.1. The molecule has 0 bridgehead atoms. The number of piperazine rings is 1. The number of nitrogens with two attached hydrogens (primary N) is 1. The van der Waals surface area contributed by atoms with Crippen LogP contribution in [0.3, 0.4) is 0 Å². The van der Waals surface area contributed by atoms with Gasteiger partial charge in [-0.3, -0.25) is 9.59 Å². The van der Waals surface area contributed by atoms with E-state index in [4.69, 9.17) is 17.3 Å². The molecular weight excluding hydrogens is 337 g/mol. The van der Waals surface area contributed by atoms with Gasteiger partial charge in [-0.15, -0.1) is 12.4 Å². The van der Waals surface area contributed by atoms with Crippen molar-refractivity contribution in [2.24, 2.45) is 5.73 Å². The molecule has 7 heteroatoms. The Morgan fingerprint density at radius 2 is 1.96 bits per heavy atom. The van der Waals surface area contributed by atoms with Gasteiger partial charge in [-0.1, -0.05) is 37.1 Å². The molecule has 1 fully saturated rings. The first-order valence-electron chi connectivity index (χ1n) is 7.58. The number of amides is 2. The number of carbonyl (C=O) groups is 2. The highest BCUT2D eigenvalue weighted by Gasteiger charge is 2.29. The molecule has 1 heterocycles. The Balaban J connectivity index is 0.00000264. The quantitative estimate of drug-likeness (QED) is 0.874. The Kier molecular flexibility index (Phi) is 7.82. The van der Waals surface area contributed by atoms with Crippen LogP contribution in [0, 0.1) is 0 Å². The Morgan fingerprint density at radius 1 is 1.30 bits per heavy atom. The van der Waals surface area contributed by atoms with Gasteiger partial charge in [-0.2, -0.15) is 0 Å². The fraction of sp³-hybridized carbons (Fsp3) is 0.500. The molecule has 2 N–H and O–H groups in total. The molecule has 2 amide bonds. The van der Waals surface area contributed by atoms with Crippen LogP contribution in [0.4, 0.5) is 0 Å². The fourth-order valence-corrected chi connectivity index (χ4v) is 2.67. The number of carbonyl (C=O) groups excluding carboxylic acids is 2. The van der Waals surface area contributed by atoms with Gasteiger partial charge in [-0.05, 0) is 24.1 Å². The summed E-state index contributed by atoms with van der Waals surface area (Å²) in [5.74, 6) is -0.167. The van der Waals surface area contributed by atoms with Crippen molar-refractivity contribution in [2.45, 2.75) is 32.4 Å². The average molecular weight is 360 g/mol. The molecule has 1 aliphatic heterocycles. The van der Waals surface area contributed by atoms with Gasteiger partial charge in [0.25, 0.3) is 0 Å². The van der Waals surface area contributed by atoms with Crippen LogP contribution in [0.15, 0.2) is 24.3 Å². The summed E-state index contributed by atoms with van der Waals surface area (Å²) in [6, 6.07) is 6.94. The second-order valence-corrected chi connectivity index (χ2v) is 6.03. The lowest BCUT2D eigenvalue weighted by Crippen LogP contribution is -2.55. The topological polar surface area (TPSA) is 66.6 Å². The molecular formula is C16H23Cl2N3O2. The van der Waals surface area contributed by atoms with Crippen molar-refractivity contribution in [1.29, 1.82) is 0 Å². The molecule has 128 valence electrons. The minimum Gasteiger partial charge on any atom is -0.335 e. The number of hydrogen-bond donors (Lipinski definition) is 1. The molecule has 0 saturated carbocycles. The van der Waals surface area contributed by atoms with E-state index in [9.17, 15) is 9.59 Å². The monoisotopic (exact) mass is 359 g/mol. The lowest BCUT2D eigenvalue weighted by atomic mass is 10.1. The van der Waals surface area contributed by atoms with Crippen LogP contribution in [-0.2, 0) is 16.1 Å². The van der Waals surface area contributed by atoms with E-state index in [0.29, 0.717) is 31.1 Å². The van der Waals surface area contributed by atoms with Gasteiger partial charge >= 0.3 is 0 Å². The number of rotatable bonds is 5. The molecule has 1 aromatic carbocycles. The van der Waals surface area contributed by atoms with Gasteiger partial charge in [0.1, 0.15) is 0 Å². The first-order valence-corrected chi connectivity index (χ1v) is 7.95. The normalized spacial score (nSPS) is 16.0. The Morgan fingerprint density at radius 3 is 2.52 bits per heavy atom. The predicted molar refractivity (Wildman–Crippen MR) is 93.6 cm³/mol. The van der Waals surface area contributed by atoms with E-state index in [0.717, 1.165) is 12.0 Å². The van der Waals surface area contributed by atoms with Crippen molar-refractivity contribution in [3.8, 4) is 0 Å². The van der Waals surface area contributed by atoms with Gasteiger partial charge in [-0.25, -0.2) is 0 Å². The summed E-state index contributed by atoms with van der Waals surface area (Å²) in [4.78, 5) is 27.7. The van der Waals surface area contributed by atoms with Crippen LogP contribution < -0.4 is 5.73 Å². The van der Waals surface area contributed by atoms with Crippen LogP contribution in [-0.4, -0.2) is 47.3 Å². The lowest BCUT2D eigenvalue weighted by molar-refractivity contribution is -0.146. The zero-order valence-corrected chi connectivity index (χ0v) is 14.8. The number of nitrogens with zero attached hydrogens (tertiary/aromatic N) is 2. The number of hydrogen-bond acceptors (Lipinski definition) is 3. The van der Waals surface area contributed by atoms with E-state index in [1.807, 2.05) is 31.2 Å². The van der Waals surface area contributed by atoms with Crippen molar-refractivity contribution in [1.82, 2.24) is 9.80 Å². The Labute approximate surface area is 148 Å². The first kappa shape index (κ1) is 19.7. The molecule has 23 heavy (non-hydrogen) atoms. The third-order valence-electron chi connectivity index (χ3n) is 3.83. The summed E-state index contributed by atoms with van der Waals surface area (Å²) >= 11 is 5.86.